The van der Waals surface area contributed by atoms with Gasteiger partial charge in [0.2, 0.25) is 0 Å². The summed E-state index contributed by atoms with van der Waals surface area (Å²) in [5.41, 5.74) is 0. The summed E-state index contributed by atoms with van der Waals surface area (Å²) >= 11 is 0. The number of nitrogens with one attached hydrogen (secondary N) is 1. The molecule has 0 aromatic rings. The van der Waals surface area contributed by atoms with Gasteiger partial charge in [-0.2, -0.15) is 0 Å². The minimum absolute atomic E-state index is 0.459. The maximum atomic E-state index is 10.9. The molecule has 1 aliphatic carbocycles. The third-order valence-corrected chi connectivity index (χ3v) is 2.30. The second kappa shape index (κ2) is 1.81. The van der Waals surface area contributed by atoms with Crippen LogP contribution < -0.4 is 5.32 Å². The van der Waals surface area contributed by atoms with E-state index < -0.39 is 0 Å². The molecular formula is C7H11NO. The minimum atomic E-state index is 0.459. The van der Waals surface area contributed by atoms with Gasteiger partial charge in [0.05, 0.1) is 0 Å². The van der Waals surface area contributed by atoms with Crippen molar-refractivity contribution in [2.24, 2.45) is 5.92 Å². The van der Waals surface area contributed by atoms with Crippen molar-refractivity contribution in [3.63, 3.8) is 0 Å². The molecule has 0 unspecified atom stereocenters. The molecule has 1 saturated heterocycles. The first kappa shape index (κ1) is 5.42. The third kappa shape index (κ3) is 0.874. The van der Waals surface area contributed by atoms with Crippen molar-refractivity contribution in [3.05, 3.63) is 0 Å². The number of hydrogen-bond donors (Lipinski definition) is 1. The zero-order chi connectivity index (χ0) is 6.27. The molecule has 1 N–H and O–H groups in total. The zero-order valence-corrected chi connectivity index (χ0v) is 5.39. The fourth-order valence-corrected chi connectivity index (χ4v) is 1.89. The highest BCUT2D eigenvalue weighted by atomic mass is 16.1. The van der Waals surface area contributed by atoms with Crippen molar-refractivity contribution >= 4 is 5.78 Å². The van der Waals surface area contributed by atoms with Crippen molar-refractivity contribution in [2.75, 3.05) is 6.54 Å². The van der Waals surface area contributed by atoms with Crippen LogP contribution in [0.1, 0.15) is 19.3 Å². The molecule has 2 aliphatic rings. The first-order chi connectivity index (χ1) is 4.34. The number of ketones is 1. The van der Waals surface area contributed by atoms with Crippen molar-refractivity contribution in [1.82, 2.24) is 5.32 Å². The van der Waals surface area contributed by atoms with Gasteiger partial charge in [-0.3, -0.25) is 4.79 Å². The summed E-state index contributed by atoms with van der Waals surface area (Å²) in [6.07, 6.45) is 2.87. The number of carbonyl (C=O) groups excluding carboxylic acids is 1. The SMILES string of the molecule is O=C1C[C@@H]2CN[C@H](C1)C2. The molecule has 2 bridgehead atoms. The third-order valence-electron chi connectivity index (χ3n) is 2.30. The van der Waals surface area contributed by atoms with E-state index in [1.807, 2.05) is 0 Å². The lowest BCUT2D eigenvalue weighted by Gasteiger charge is -2.14. The summed E-state index contributed by atoms with van der Waals surface area (Å²) in [4.78, 5) is 10.9. The summed E-state index contributed by atoms with van der Waals surface area (Å²) in [5.74, 6) is 1.14. The lowest BCUT2D eigenvalue weighted by Crippen LogP contribution is -2.24. The Morgan fingerprint density at radius 3 is 3.11 bits per heavy atom. The molecule has 9 heavy (non-hydrogen) atoms. The Kier molecular flexibility index (Phi) is 1.09. The maximum Gasteiger partial charge on any atom is 0.134 e. The maximum absolute atomic E-state index is 10.9. The molecule has 50 valence electrons. The molecule has 0 spiro atoms. The smallest absolute Gasteiger partial charge is 0.134 e. The lowest BCUT2D eigenvalue weighted by atomic mass is 9.90. The van der Waals surface area contributed by atoms with Crippen LogP contribution in [0.15, 0.2) is 0 Å². The van der Waals surface area contributed by atoms with Gasteiger partial charge in [0.25, 0.3) is 0 Å². The second-order valence-electron chi connectivity index (χ2n) is 3.15. The Morgan fingerprint density at radius 2 is 2.33 bits per heavy atom. The molecule has 0 aromatic heterocycles. The molecule has 1 heterocycles. The van der Waals surface area contributed by atoms with Gasteiger partial charge in [0, 0.05) is 18.9 Å². The van der Waals surface area contributed by atoms with E-state index in [4.69, 9.17) is 0 Å². The van der Waals surface area contributed by atoms with Crippen molar-refractivity contribution < 1.29 is 4.79 Å². The summed E-state index contributed by atoms with van der Waals surface area (Å²) in [6.45, 7) is 1.08. The summed E-state index contributed by atoms with van der Waals surface area (Å²) in [6, 6.07) is 0.538. The number of rotatable bonds is 0. The van der Waals surface area contributed by atoms with Crippen LogP contribution in [0.3, 0.4) is 0 Å². The van der Waals surface area contributed by atoms with Gasteiger partial charge >= 0.3 is 0 Å². The molecule has 1 saturated carbocycles. The number of hydrogen-bond acceptors (Lipinski definition) is 2. The molecule has 2 atom stereocenters. The Labute approximate surface area is 54.6 Å². The molecule has 0 aromatic carbocycles. The number of carbonyl (C=O) groups is 1. The molecule has 2 fully saturated rings. The van der Waals surface area contributed by atoms with Crippen molar-refractivity contribution in [3.8, 4) is 0 Å². The first-order valence-corrected chi connectivity index (χ1v) is 3.59. The fraction of sp³-hybridized carbons (Fsp3) is 0.857. The molecule has 2 rings (SSSR count). The molecule has 1 aliphatic heterocycles. The highest BCUT2D eigenvalue weighted by Gasteiger charge is 2.32. The molecule has 2 heteroatoms. The Balaban J connectivity index is 2.11. The largest absolute Gasteiger partial charge is 0.313 e. The van der Waals surface area contributed by atoms with E-state index >= 15 is 0 Å². The van der Waals surface area contributed by atoms with Gasteiger partial charge in [0.1, 0.15) is 5.78 Å². The van der Waals surface area contributed by atoms with Crippen LogP contribution in [0.4, 0.5) is 0 Å². The highest BCUT2D eigenvalue weighted by Crippen LogP contribution is 2.26. The van der Waals surface area contributed by atoms with Crippen LogP contribution in [0.25, 0.3) is 0 Å². The fourth-order valence-electron chi connectivity index (χ4n) is 1.89. The Morgan fingerprint density at radius 1 is 1.44 bits per heavy atom. The van der Waals surface area contributed by atoms with Gasteiger partial charge in [-0.15, -0.1) is 0 Å². The van der Waals surface area contributed by atoms with Gasteiger partial charge in [-0.1, -0.05) is 0 Å². The van der Waals surface area contributed by atoms with Crippen LogP contribution in [-0.2, 0) is 4.79 Å². The van der Waals surface area contributed by atoms with Crippen molar-refractivity contribution in [1.29, 1.82) is 0 Å². The standard InChI is InChI=1S/C7H11NO/c9-7-2-5-1-6(3-7)8-4-5/h5-6,8H,1-4H2/t5-,6+/m1/s1. The minimum Gasteiger partial charge on any atom is -0.313 e. The van der Waals surface area contributed by atoms with Gasteiger partial charge in [-0.25, -0.2) is 0 Å². The van der Waals surface area contributed by atoms with E-state index in [2.05, 4.69) is 5.32 Å². The van der Waals surface area contributed by atoms with Crippen molar-refractivity contribution in [2.45, 2.75) is 25.3 Å². The van der Waals surface area contributed by atoms with Gasteiger partial charge < -0.3 is 5.32 Å². The monoisotopic (exact) mass is 125 g/mol. The topological polar surface area (TPSA) is 29.1 Å². The normalized spacial score (nSPS) is 41.6. The Hall–Kier alpha value is -0.370. The highest BCUT2D eigenvalue weighted by molar-refractivity contribution is 5.80. The second-order valence-corrected chi connectivity index (χ2v) is 3.15. The van der Waals surface area contributed by atoms with Crippen LogP contribution in [0.5, 0.6) is 0 Å². The predicted octanol–water partition coefficient (Wildman–Crippen LogP) is 0.327. The van der Waals surface area contributed by atoms with Gasteiger partial charge in [-0.05, 0) is 18.9 Å². The van der Waals surface area contributed by atoms with E-state index in [9.17, 15) is 4.79 Å². The molecule has 0 amide bonds. The average molecular weight is 125 g/mol. The summed E-state index contributed by atoms with van der Waals surface area (Å²) < 4.78 is 0. The number of Topliss-reactive ketones (excluding diaryl/α,β-unsaturated/α-hetero) is 1. The number of fused-ring (bicyclic) bond motifs is 2. The van der Waals surface area contributed by atoms with E-state index in [0.29, 0.717) is 17.7 Å². The lowest BCUT2D eigenvalue weighted by molar-refractivity contribution is -0.121. The Bertz CT molecular complexity index is 130. The predicted molar refractivity (Wildman–Crippen MR) is 34.1 cm³/mol. The molecule has 0 radical (unpaired) electrons. The van der Waals surface area contributed by atoms with Crippen LogP contribution in [-0.4, -0.2) is 18.4 Å². The quantitative estimate of drug-likeness (QED) is 0.505. The van der Waals surface area contributed by atoms with Gasteiger partial charge in [0.15, 0.2) is 0 Å². The summed E-state index contributed by atoms with van der Waals surface area (Å²) in [5, 5.41) is 3.33. The molecule has 2 nitrogen and oxygen atoms in total. The van der Waals surface area contributed by atoms with E-state index in [1.54, 1.807) is 0 Å². The molecular weight excluding hydrogens is 114 g/mol. The van der Waals surface area contributed by atoms with Crippen LogP contribution >= 0.6 is 0 Å². The first-order valence-electron chi connectivity index (χ1n) is 3.59. The van der Waals surface area contributed by atoms with E-state index in [0.717, 1.165) is 19.4 Å². The van der Waals surface area contributed by atoms with Crippen LogP contribution in [0, 0.1) is 5.92 Å². The van der Waals surface area contributed by atoms with E-state index in [-0.39, 0.29) is 0 Å². The zero-order valence-electron chi connectivity index (χ0n) is 5.39. The van der Waals surface area contributed by atoms with Crippen LogP contribution in [0.2, 0.25) is 0 Å². The van der Waals surface area contributed by atoms with E-state index in [1.165, 1.54) is 6.42 Å². The average Bonchev–Trinajstić information content (AvgIpc) is 2.11. The summed E-state index contributed by atoms with van der Waals surface area (Å²) in [7, 11) is 0.